The van der Waals surface area contributed by atoms with Gasteiger partial charge in [0.2, 0.25) is 0 Å². The molecule has 13 rings (SSSR count). The third-order valence-electron chi connectivity index (χ3n) is 12.3. The van der Waals surface area contributed by atoms with Crippen molar-refractivity contribution in [2.24, 2.45) is 0 Å². The van der Waals surface area contributed by atoms with Crippen molar-refractivity contribution in [2.75, 3.05) is 0 Å². The van der Waals surface area contributed by atoms with Crippen molar-refractivity contribution >= 4 is 64.1 Å². The van der Waals surface area contributed by atoms with Gasteiger partial charge in [-0.15, -0.1) is 11.3 Å². The maximum Gasteiger partial charge on any atom is 0.166 e. The van der Waals surface area contributed by atoms with Gasteiger partial charge in [0.1, 0.15) is 0 Å². The maximum absolute atomic E-state index is 9.40. The zero-order chi connectivity index (χ0) is 50.5. The molecule has 3 heterocycles. The fraction of sp³-hybridized carbons (Fsp3) is 0. The van der Waals surface area contributed by atoms with E-state index in [-0.39, 0.29) is 27.6 Å². The molecule has 0 radical (unpaired) electrons. The molecule has 13 aromatic rings. The van der Waals surface area contributed by atoms with Crippen LogP contribution < -0.4 is 0 Å². The predicted molar refractivity (Wildman–Crippen MR) is 277 cm³/mol. The van der Waals surface area contributed by atoms with Crippen LogP contribution in [0.5, 0.6) is 0 Å². The molecule has 0 aliphatic rings. The summed E-state index contributed by atoms with van der Waals surface area (Å²) in [6, 6.07) is 57.3. The van der Waals surface area contributed by atoms with Gasteiger partial charge in [-0.3, -0.25) is 0 Å². The molecule has 0 bridgehead atoms. The highest BCUT2D eigenvalue weighted by Gasteiger charge is 2.21. The largest absolute Gasteiger partial charge is 0.308 e. The summed E-state index contributed by atoms with van der Waals surface area (Å²) in [6.07, 6.45) is 0. The molecule has 0 spiro atoms. The lowest BCUT2D eigenvalue weighted by Crippen LogP contribution is -2.04. The minimum absolute atomic E-state index is 0.00806. The molecule has 10 aromatic carbocycles. The second-order valence-electron chi connectivity index (χ2n) is 16.2. The summed E-state index contributed by atoms with van der Waals surface area (Å²) < 4.78 is 76.3. The van der Waals surface area contributed by atoms with Crippen LogP contribution in [-0.4, -0.2) is 19.5 Å². The molecule has 5 heteroatoms. The summed E-state index contributed by atoms with van der Waals surface area (Å²) >= 11 is 1.77. The average Bonchev–Trinajstić information content (AvgIpc) is 4.02. The standard InChI is InChI=1S/C61H38N4S/c1-2-14-39(15-3-1)46-34-35-53(56(38-46)65-54-25-9-6-20-49(54)50-21-7-10-26-55(50)65)61-63-59(42-31-29-41(30-32-42)48-23-13-24-52-51-22-8-11-27-57(51)66-58(48)52)62-60(64-61)47-19-12-18-44(37-47)45-33-28-40-16-4-5-17-43(40)36-45/h1-38H/i6D,7D,9D,10D,20D,21D,25D,26D. The van der Waals surface area contributed by atoms with E-state index in [0.29, 0.717) is 22.9 Å². The second kappa shape index (κ2) is 15.6. The zero-order valence-corrected chi connectivity index (χ0v) is 35.8. The monoisotopic (exact) mass is 866 g/mol. The summed E-state index contributed by atoms with van der Waals surface area (Å²) in [5, 5.41) is 4.62. The fourth-order valence-corrected chi connectivity index (χ4v) is 10.4. The third-order valence-corrected chi connectivity index (χ3v) is 13.5. The molecule has 0 saturated heterocycles. The summed E-state index contributed by atoms with van der Waals surface area (Å²) in [4.78, 5) is 15.7. The lowest BCUT2D eigenvalue weighted by molar-refractivity contribution is 1.06. The number of para-hydroxylation sites is 2. The molecule has 0 fully saturated rings. The smallest absolute Gasteiger partial charge is 0.166 e. The summed E-state index contributed by atoms with van der Waals surface area (Å²) in [5.41, 5.74) is 7.88. The predicted octanol–water partition coefficient (Wildman–Crippen LogP) is 16.5. The van der Waals surface area contributed by atoms with Crippen molar-refractivity contribution in [3.8, 4) is 73.2 Å². The van der Waals surface area contributed by atoms with Gasteiger partial charge in [-0.1, -0.05) is 188 Å². The number of fused-ring (bicyclic) bond motifs is 7. The molecule has 308 valence electrons. The van der Waals surface area contributed by atoms with Crippen LogP contribution in [0.25, 0.3) is 126 Å². The van der Waals surface area contributed by atoms with E-state index in [0.717, 1.165) is 55.3 Å². The number of aromatic nitrogens is 4. The van der Waals surface area contributed by atoms with Crippen LogP contribution in [0.4, 0.5) is 0 Å². The molecule has 0 amide bonds. The van der Waals surface area contributed by atoms with Gasteiger partial charge in [0.15, 0.2) is 17.5 Å². The Balaban J connectivity index is 1.07. The fourth-order valence-electron chi connectivity index (χ4n) is 9.11. The van der Waals surface area contributed by atoms with Crippen LogP contribution in [0.3, 0.4) is 0 Å². The Morgan fingerprint density at radius 3 is 1.76 bits per heavy atom. The Morgan fingerprint density at radius 1 is 0.364 bits per heavy atom. The SMILES string of the molecule is [2H]c1c([2H])c([2H])c2c(c1[2H])c1c([2H])c([2H])c([2H])c([2H])c1n2-c1cc(-c2ccccc2)ccc1-c1nc(-c2ccc(-c3cccc4c3sc3ccccc34)cc2)nc(-c2cccc(-c3ccc4ccccc4c3)c2)n1. The first-order valence-electron chi connectivity index (χ1n) is 25.6. The van der Waals surface area contributed by atoms with Gasteiger partial charge in [-0.25, -0.2) is 15.0 Å². The van der Waals surface area contributed by atoms with Crippen LogP contribution in [0, 0.1) is 0 Å². The molecule has 0 N–H and O–H groups in total. The molecule has 0 aliphatic carbocycles. The lowest BCUT2D eigenvalue weighted by atomic mass is 9.99. The molecule has 3 aromatic heterocycles. The summed E-state index contributed by atoms with van der Waals surface area (Å²) in [7, 11) is 0. The van der Waals surface area contributed by atoms with E-state index < -0.39 is 48.3 Å². The Labute approximate surface area is 396 Å². The van der Waals surface area contributed by atoms with E-state index in [2.05, 4.69) is 97.1 Å². The van der Waals surface area contributed by atoms with Gasteiger partial charge in [0.05, 0.1) is 27.7 Å². The number of nitrogens with zero attached hydrogens (tertiary/aromatic N) is 4. The van der Waals surface area contributed by atoms with Gasteiger partial charge in [0.25, 0.3) is 0 Å². The minimum atomic E-state index is -0.517. The van der Waals surface area contributed by atoms with Crippen LogP contribution in [0.1, 0.15) is 11.0 Å². The Kier molecular flexibility index (Phi) is 7.24. The van der Waals surface area contributed by atoms with Crippen LogP contribution in [0.15, 0.2) is 230 Å². The van der Waals surface area contributed by atoms with Crippen molar-refractivity contribution in [3.63, 3.8) is 0 Å². The molecule has 0 saturated carbocycles. The van der Waals surface area contributed by atoms with Gasteiger partial charge in [-0.2, -0.15) is 0 Å². The highest BCUT2D eigenvalue weighted by Crippen LogP contribution is 2.42. The van der Waals surface area contributed by atoms with Crippen molar-refractivity contribution in [1.82, 2.24) is 19.5 Å². The first kappa shape index (κ1) is 30.6. The van der Waals surface area contributed by atoms with Crippen molar-refractivity contribution in [3.05, 3.63) is 230 Å². The van der Waals surface area contributed by atoms with Crippen LogP contribution >= 0.6 is 11.3 Å². The Morgan fingerprint density at radius 2 is 0.939 bits per heavy atom. The Bertz CT molecular complexity index is 4400. The quantitative estimate of drug-likeness (QED) is 0.160. The van der Waals surface area contributed by atoms with Crippen LogP contribution in [-0.2, 0) is 0 Å². The number of thiophene rings is 1. The molecule has 66 heavy (non-hydrogen) atoms. The maximum atomic E-state index is 9.40. The molecular formula is C61H38N4S. The van der Waals surface area contributed by atoms with Crippen molar-refractivity contribution < 1.29 is 11.0 Å². The Hall–Kier alpha value is -8.51. The highest BCUT2D eigenvalue weighted by molar-refractivity contribution is 7.26. The lowest BCUT2D eigenvalue weighted by Gasteiger charge is -2.16. The van der Waals surface area contributed by atoms with Gasteiger partial charge >= 0.3 is 0 Å². The topological polar surface area (TPSA) is 43.6 Å². The molecule has 0 atom stereocenters. The van der Waals surface area contributed by atoms with Gasteiger partial charge in [0, 0.05) is 47.6 Å². The molecular weight excluding hydrogens is 821 g/mol. The summed E-state index contributed by atoms with van der Waals surface area (Å²) in [5.74, 6) is 0.972. The van der Waals surface area contributed by atoms with E-state index in [9.17, 15) is 5.48 Å². The number of hydrogen-bond acceptors (Lipinski definition) is 4. The normalized spacial score (nSPS) is 13.3. The van der Waals surface area contributed by atoms with E-state index in [1.165, 1.54) is 24.7 Å². The highest BCUT2D eigenvalue weighted by atomic mass is 32.1. The van der Waals surface area contributed by atoms with Crippen LogP contribution in [0.2, 0.25) is 0 Å². The number of benzene rings is 10. The van der Waals surface area contributed by atoms with E-state index in [1.54, 1.807) is 11.3 Å². The van der Waals surface area contributed by atoms with Gasteiger partial charge in [-0.05, 0) is 86.6 Å². The number of hydrogen-bond donors (Lipinski definition) is 0. The second-order valence-corrected chi connectivity index (χ2v) is 17.2. The van der Waals surface area contributed by atoms with E-state index in [4.69, 9.17) is 20.4 Å². The van der Waals surface area contributed by atoms with Crippen molar-refractivity contribution in [2.45, 2.75) is 0 Å². The minimum Gasteiger partial charge on any atom is -0.308 e. The zero-order valence-electron chi connectivity index (χ0n) is 43.0. The first-order chi connectivity index (χ1) is 36.0. The number of rotatable bonds is 7. The summed E-state index contributed by atoms with van der Waals surface area (Å²) in [6.45, 7) is 0. The van der Waals surface area contributed by atoms with E-state index >= 15 is 0 Å². The van der Waals surface area contributed by atoms with Gasteiger partial charge < -0.3 is 4.57 Å². The molecule has 0 unspecified atom stereocenters. The van der Waals surface area contributed by atoms with Crippen molar-refractivity contribution in [1.29, 1.82) is 0 Å². The average molecular weight is 867 g/mol. The van der Waals surface area contributed by atoms with E-state index in [1.807, 2.05) is 84.9 Å². The molecule has 0 aliphatic heterocycles. The third kappa shape index (κ3) is 6.48. The first-order valence-corrected chi connectivity index (χ1v) is 22.4. The molecule has 4 nitrogen and oxygen atoms in total.